The van der Waals surface area contributed by atoms with Gasteiger partial charge >= 0.3 is 5.97 Å². The van der Waals surface area contributed by atoms with Gasteiger partial charge in [-0.15, -0.1) is 11.3 Å². The Morgan fingerprint density at radius 3 is 2.58 bits per heavy atom. The number of hydrogen-bond donors (Lipinski definition) is 0. The lowest BCUT2D eigenvalue weighted by atomic mass is 9.97. The number of carbonyl (C=O) groups is 1. The number of carbonyl (C=O) groups excluding carboxylic acids is 1. The van der Waals surface area contributed by atoms with E-state index in [-0.39, 0.29) is 12.2 Å². The van der Waals surface area contributed by atoms with E-state index in [4.69, 9.17) is 4.74 Å². The summed E-state index contributed by atoms with van der Waals surface area (Å²) in [6.07, 6.45) is 5.03. The van der Waals surface area contributed by atoms with E-state index >= 15 is 0 Å². The van der Waals surface area contributed by atoms with Gasteiger partial charge in [-0.1, -0.05) is 6.42 Å². The molecule has 1 saturated heterocycles. The first-order chi connectivity index (χ1) is 8.98. The molecule has 0 saturated carbocycles. The standard InChI is InChI=1S/C14H22N2O2S/c1-14(2,3)13(17)18-12(11-15-7-10-19-11)16-8-5-4-6-9-16/h7,10,12H,4-6,8-9H2,1-3H3. The van der Waals surface area contributed by atoms with Crippen LogP contribution in [-0.2, 0) is 9.53 Å². The summed E-state index contributed by atoms with van der Waals surface area (Å²) in [5, 5.41) is 2.80. The van der Waals surface area contributed by atoms with Crippen LogP contribution in [0.25, 0.3) is 0 Å². The number of hydrogen-bond acceptors (Lipinski definition) is 5. The van der Waals surface area contributed by atoms with Crippen LogP contribution in [-0.4, -0.2) is 28.9 Å². The molecule has 106 valence electrons. The van der Waals surface area contributed by atoms with Gasteiger partial charge in [0, 0.05) is 24.7 Å². The van der Waals surface area contributed by atoms with Gasteiger partial charge in [-0.2, -0.15) is 0 Å². The van der Waals surface area contributed by atoms with E-state index in [9.17, 15) is 4.79 Å². The maximum absolute atomic E-state index is 12.1. The maximum atomic E-state index is 12.1. The Morgan fingerprint density at radius 1 is 1.37 bits per heavy atom. The Hall–Kier alpha value is -0.940. The number of rotatable bonds is 3. The van der Waals surface area contributed by atoms with Crippen molar-refractivity contribution in [3.63, 3.8) is 0 Å². The van der Waals surface area contributed by atoms with Crippen LogP contribution in [0.15, 0.2) is 11.6 Å². The van der Waals surface area contributed by atoms with E-state index in [1.54, 1.807) is 17.5 Å². The molecule has 1 unspecified atom stereocenters. The number of ether oxygens (including phenoxy) is 1. The Morgan fingerprint density at radius 2 is 2.05 bits per heavy atom. The molecule has 1 atom stereocenters. The van der Waals surface area contributed by atoms with Gasteiger partial charge in [0.2, 0.25) is 6.23 Å². The normalized spacial score (nSPS) is 19.1. The molecule has 1 aromatic heterocycles. The lowest BCUT2D eigenvalue weighted by Gasteiger charge is -2.34. The van der Waals surface area contributed by atoms with Crippen molar-refractivity contribution in [1.29, 1.82) is 0 Å². The summed E-state index contributed by atoms with van der Waals surface area (Å²) >= 11 is 1.55. The van der Waals surface area contributed by atoms with Gasteiger partial charge < -0.3 is 4.74 Å². The first-order valence-electron chi connectivity index (χ1n) is 6.83. The second-order valence-corrected chi connectivity index (χ2v) is 6.90. The molecule has 1 aliphatic rings. The molecule has 19 heavy (non-hydrogen) atoms. The summed E-state index contributed by atoms with van der Waals surface area (Å²) < 4.78 is 5.73. The maximum Gasteiger partial charge on any atom is 0.313 e. The summed E-state index contributed by atoms with van der Waals surface area (Å²) in [6.45, 7) is 7.59. The number of thiazole rings is 1. The fourth-order valence-electron chi connectivity index (χ4n) is 2.07. The van der Waals surface area contributed by atoms with Gasteiger partial charge in [-0.3, -0.25) is 9.69 Å². The van der Waals surface area contributed by atoms with Crippen molar-refractivity contribution >= 4 is 17.3 Å². The molecular weight excluding hydrogens is 260 g/mol. The van der Waals surface area contributed by atoms with Crippen LogP contribution in [0, 0.1) is 5.41 Å². The van der Waals surface area contributed by atoms with Crippen molar-refractivity contribution in [2.75, 3.05) is 13.1 Å². The third-order valence-electron chi connectivity index (χ3n) is 3.22. The zero-order chi connectivity index (χ0) is 13.9. The Kier molecular flexibility index (Phi) is 4.58. The van der Waals surface area contributed by atoms with Gasteiger partial charge in [-0.05, 0) is 33.6 Å². The second kappa shape index (κ2) is 6.01. The third kappa shape index (κ3) is 3.76. The van der Waals surface area contributed by atoms with Gasteiger partial charge in [0.25, 0.3) is 0 Å². The first kappa shape index (κ1) is 14.5. The van der Waals surface area contributed by atoms with E-state index in [1.807, 2.05) is 26.2 Å². The average Bonchev–Trinajstić information content (AvgIpc) is 2.89. The minimum atomic E-state index is -0.481. The molecule has 0 aromatic carbocycles. The summed E-state index contributed by atoms with van der Waals surface area (Å²) in [6, 6.07) is 0. The SMILES string of the molecule is CC(C)(C)C(=O)OC(c1nccs1)N1CCCCC1. The topological polar surface area (TPSA) is 42.4 Å². The van der Waals surface area contributed by atoms with Crippen LogP contribution in [0.3, 0.4) is 0 Å². The van der Waals surface area contributed by atoms with Crippen LogP contribution in [0.4, 0.5) is 0 Å². The first-order valence-corrected chi connectivity index (χ1v) is 7.71. The molecule has 2 rings (SSSR count). The Bertz CT molecular complexity index is 406. The van der Waals surface area contributed by atoms with Gasteiger partial charge in [0.15, 0.2) is 0 Å². The van der Waals surface area contributed by atoms with Gasteiger partial charge in [-0.25, -0.2) is 4.98 Å². The molecule has 5 heteroatoms. The van der Waals surface area contributed by atoms with Crippen molar-refractivity contribution < 1.29 is 9.53 Å². The Labute approximate surface area is 118 Å². The largest absolute Gasteiger partial charge is 0.439 e. The highest BCUT2D eigenvalue weighted by atomic mass is 32.1. The molecule has 0 spiro atoms. The van der Waals surface area contributed by atoms with Crippen LogP contribution in [0.1, 0.15) is 51.3 Å². The quantitative estimate of drug-likeness (QED) is 0.798. The number of esters is 1. The van der Waals surface area contributed by atoms with Crippen molar-refractivity contribution in [1.82, 2.24) is 9.88 Å². The highest BCUT2D eigenvalue weighted by Gasteiger charge is 2.32. The van der Waals surface area contributed by atoms with Crippen molar-refractivity contribution in [3.05, 3.63) is 16.6 Å². The molecular formula is C14H22N2O2S. The minimum Gasteiger partial charge on any atom is -0.439 e. The summed E-state index contributed by atoms with van der Waals surface area (Å²) in [4.78, 5) is 18.7. The predicted octanol–water partition coefficient (Wildman–Crippen LogP) is 3.22. The molecule has 1 aromatic rings. The summed E-state index contributed by atoms with van der Waals surface area (Å²) in [5.74, 6) is -0.168. The molecule has 1 aliphatic heterocycles. The molecule has 1 fully saturated rings. The lowest BCUT2D eigenvalue weighted by Crippen LogP contribution is -2.38. The van der Waals surface area contributed by atoms with E-state index in [2.05, 4.69) is 9.88 Å². The average molecular weight is 282 g/mol. The fourth-order valence-corrected chi connectivity index (χ4v) is 2.77. The molecule has 0 N–H and O–H groups in total. The van der Waals surface area contributed by atoms with E-state index in [0.29, 0.717) is 0 Å². The monoisotopic (exact) mass is 282 g/mol. The zero-order valence-electron chi connectivity index (χ0n) is 11.9. The van der Waals surface area contributed by atoms with E-state index < -0.39 is 5.41 Å². The van der Waals surface area contributed by atoms with Crippen molar-refractivity contribution in [3.8, 4) is 0 Å². The number of aromatic nitrogens is 1. The molecule has 0 bridgehead atoms. The van der Waals surface area contributed by atoms with Crippen LogP contribution in [0.5, 0.6) is 0 Å². The van der Waals surface area contributed by atoms with Gasteiger partial charge in [0.05, 0.1) is 5.41 Å². The molecule has 4 nitrogen and oxygen atoms in total. The van der Waals surface area contributed by atoms with E-state index in [1.165, 1.54) is 6.42 Å². The Balaban J connectivity index is 2.13. The van der Waals surface area contributed by atoms with Crippen LogP contribution < -0.4 is 0 Å². The highest BCUT2D eigenvalue weighted by Crippen LogP contribution is 2.30. The zero-order valence-corrected chi connectivity index (χ0v) is 12.7. The molecule has 2 heterocycles. The summed E-state index contributed by atoms with van der Waals surface area (Å²) in [5.41, 5.74) is -0.481. The van der Waals surface area contributed by atoms with E-state index in [0.717, 1.165) is 30.9 Å². The smallest absolute Gasteiger partial charge is 0.313 e. The highest BCUT2D eigenvalue weighted by molar-refractivity contribution is 7.09. The fraction of sp³-hybridized carbons (Fsp3) is 0.714. The summed E-state index contributed by atoms with van der Waals surface area (Å²) in [7, 11) is 0. The second-order valence-electron chi connectivity index (χ2n) is 5.97. The minimum absolute atomic E-state index is 0.168. The number of nitrogens with zero attached hydrogens (tertiary/aromatic N) is 2. The number of likely N-dealkylation sites (tertiary alicyclic amines) is 1. The molecule has 0 radical (unpaired) electrons. The van der Waals surface area contributed by atoms with Crippen molar-refractivity contribution in [2.24, 2.45) is 5.41 Å². The third-order valence-corrected chi connectivity index (χ3v) is 4.02. The molecule has 0 amide bonds. The van der Waals surface area contributed by atoms with Gasteiger partial charge in [0.1, 0.15) is 5.01 Å². The lowest BCUT2D eigenvalue weighted by molar-refractivity contribution is -0.171. The van der Waals surface area contributed by atoms with Crippen LogP contribution >= 0.6 is 11.3 Å². The van der Waals surface area contributed by atoms with Crippen LogP contribution in [0.2, 0.25) is 0 Å². The number of piperidine rings is 1. The predicted molar refractivity (Wildman–Crippen MR) is 75.8 cm³/mol. The molecule has 0 aliphatic carbocycles. The van der Waals surface area contributed by atoms with Crippen molar-refractivity contribution in [2.45, 2.75) is 46.3 Å².